The number of aryl methyl sites for hydroxylation is 1. The molecule has 1 aromatic carbocycles. The lowest BCUT2D eigenvalue weighted by Gasteiger charge is -2.26. The minimum atomic E-state index is -0.934. The zero-order valence-corrected chi connectivity index (χ0v) is 13.9. The maximum Gasteiger partial charge on any atom is 0.338 e. The van der Waals surface area contributed by atoms with Crippen LogP contribution in [-0.4, -0.2) is 30.7 Å². The number of fused-ring (bicyclic) bond motifs is 1. The van der Waals surface area contributed by atoms with Gasteiger partial charge in [0.1, 0.15) is 0 Å². The van der Waals surface area contributed by atoms with Gasteiger partial charge in [-0.25, -0.2) is 9.80 Å². The second-order valence-electron chi connectivity index (χ2n) is 6.07. The number of ether oxygens (including phenoxy) is 1. The van der Waals surface area contributed by atoms with E-state index in [1.165, 1.54) is 17.2 Å². The van der Waals surface area contributed by atoms with Gasteiger partial charge in [0.2, 0.25) is 0 Å². The summed E-state index contributed by atoms with van der Waals surface area (Å²) in [4.78, 5) is 11.6. The van der Waals surface area contributed by atoms with E-state index < -0.39 is 5.97 Å². The fraction of sp³-hybridized carbons (Fsp3) is 0.421. The molecule has 0 atom stereocenters. The molecule has 1 N–H and O–H groups in total. The summed E-state index contributed by atoms with van der Waals surface area (Å²) >= 11 is 0. The molecule has 0 spiro atoms. The third-order valence-corrected chi connectivity index (χ3v) is 4.53. The lowest BCUT2D eigenvalue weighted by molar-refractivity contribution is -0.132. The first-order valence-electron chi connectivity index (χ1n) is 8.38. The van der Waals surface area contributed by atoms with Crippen LogP contribution in [0, 0.1) is 0 Å². The highest BCUT2D eigenvalue weighted by molar-refractivity contribution is 5.95. The summed E-state index contributed by atoms with van der Waals surface area (Å²) in [6.07, 6.45) is 7.09. The van der Waals surface area contributed by atoms with Gasteiger partial charge in [-0.3, -0.25) is 0 Å². The number of aliphatic carboxylic acids is 1. The first-order chi connectivity index (χ1) is 11.7. The van der Waals surface area contributed by atoms with Crippen LogP contribution in [0.15, 0.2) is 40.6 Å². The molecule has 2 aliphatic rings. The number of hydrogen-bond donors (Lipinski definition) is 1. The second-order valence-corrected chi connectivity index (χ2v) is 6.07. The average molecular weight is 326 g/mol. The van der Waals surface area contributed by atoms with Crippen molar-refractivity contribution in [1.82, 2.24) is 0 Å². The monoisotopic (exact) mass is 326 g/mol. The highest BCUT2D eigenvalue weighted by atomic mass is 16.5. The summed E-state index contributed by atoms with van der Waals surface area (Å²) in [5.41, 5.74) is 4.62. The maximum atomic E-state index is 11.6. The number of carboxylic acids is 1. The van der Waals surface area contributed by atoms with Gasteiger partial charge in [-0.2, -0.15) is 0 Å². The van der Waals surface area contributed by atoms with Crippen LogP contribution in [0.25, 0.3) is 0 Å². The molecule has 1 aliphatic heterocycles. The number of hydrazone groups is 1. The summed E-state index contributed by atoms with van der Waals surface area (Å²) in [7, 11) is 1.68. The van der Waals surface area contributed by atoms with Gasteiger partial charge in [-0.15, -0.1) is 5.10 Å². The molecule has 0 bridgehead atoms. The molecule has 126 valence electrons. The molecule has 0 radical (unpaired) electrons. The van der Waals surface area contributed by atoms with Crippen molar-refractivity contribution in [3.8, 4) is 0 Å². The highest BCUT2D eigenvalue weighted by Gasteiger charge is 2.25. The molecular weight excluding hydrogens is 304 g/mol. The second kappa shape index (κ2) is 7.47. The lowest BCUT2D eigenvalue weighted by atomic mass is 10.0. The standard InChI is InChI=1S/C19H22N2O3/c1-24-13-3-2-9-18-16(19(22)23)11-12-20-21(18)17-10-5-7-14-6-4-8-15(14)17/h5,7,10-11H,2-4,6,8-9,13H2,1H3,(H,22,23). The zero-order valence-electron chi connectivity index (χ0n) is 13.9. The molecule has 5 heteroatoms. The maximum absolute atomic E-state index is 11.6. The Balaban J connectivity index is 1.95. The van der Waals surface area contributed by atoms with Gasteiger partial charge in [0, 0.05) is 25.7 Å². The molecule has 0 amide bonds. The van der Waals surface area contributed by atoms with Gasteiger partial charge in [0.05, 0.1) is 17.0 Å². The van der Waals surface area contributed by atoms with Crippen LogP contribution in [0.3, 0.4) is 0 Å². The van der Waals surface area contributed by atoms with Gasteiger partial charge < -0.3 is 9.84 Å². The van der Waals surface area contributed by atoms with E-state index in [0.29, 0.717) is 13.0 Å². The number of hydrogen-bond acceptors (Lipinski definition) is 4. The Labute approximate surface area is 141 Å². The van der Waals surface area contributed by atoms with Crippen LogP contribution in [-0.2, 0) is 22.4 Å². The normalized spacial score (nSPS) is 16.0. The predicted molar refractivity (Wildman–Crippen MR) is 93.3 cm³/mol. The van der Waals surface area contributed by atoms with Gasteiger partial charge in [0.25, 0.3) is 0 Å². The zero-order chi connectivity index (χ0) is 16.9. The summed E-state index contributed by atoms with van der Waals surface area (Å²) in [5.74, 6) is 1.82. The Morgan fingerprint density at radius 2 is 2.25 bits per heavy atom. The topological polar surface area (TPSA) is 62.1 Å². The molecule has 0 saturated heterocycles. The number of methoxy groups -OCH3 is 1. The minimum absolute atomic E-state index is 0.276. The summed E-state index contributed by atoms with van der Waals surface area (Å²) in [6.45, 7) is 0.676. The van der Waals surface area contributed by atoms with E-state index in [-0.39, 0.29) is 5.57 Å². The summed E-state index contributed by atoms with van der Waals surface area (Å²) < 4.78 is 5.09. The van der Waals surface area contributed by atoms with Crippen molar-refractivity contribution in [2.75, 3.05) is 18.7 Å². The third-order valence-electron chi connectivity index (χ3n) is 4.53. The largest absolute Gasteiger partial charge is 0.478 e. The van der Waals surface area contributed by atoms with Crippen LogP contribution in [0.4, 0.5) is 5.69 Å². The van der Waals surface area contributed by atoms with Crippen molar-refractivity contribution in [2.45, 2.75) is 38.5 Å². The van der Waals surface area contributed by atoms with E-state index in [1.807, 2.05) is 12.1 Å². The quantitative estimate of drug-likeness (QED) is 0.781. The van der Waals surface area contributed by atoms with Crippen molar-refractivity contribution in [3.05, 3.63) is 46.7 Å². The van der Waals surface area contributed by atoms with E-state index in [4.69, 9.17) is 4.74 Å². The van der Waals surface area contributed by atoms with Crippen molar-refractivity contribution in [1.29, 1.82) is 0 Å². The first-order valence-corrected chi connectivity index (χ1v) is 8.38. The van der Waals surface area contributed by atoms with E-state index in [2.05, 4.69) is 17.0 Å². The van der Waals surface area contributed by atoms with Crippen LogP contribution in [0.1, 0.15) is 36.8 Å². The van der Waals surface area contributed by atoms with Crippen LogP contribution >= 0.6 is 0 Å². The van der Waals surface area contributed by atoms with Gasteiger partial charge in [-0.05, 0) is 55.7 Å². The Bertz CT molecular complexity index is 730. The molecule has 1 aliphatic carbocycles. The van der Waals surface area contributed by atoms with Crippen LogP contribution in [0.2, 0.25) is 0 Å². The molecule has 3 rings (SSSR count). The van der Waals surface area contributed by atoms with E-state index in [1.54, 1.807) is 12.1 Å². The number of unbranched alkanes of at least 4 members (excludes halogenated alkanes) is 1. The number of benzene rings is 1. The highest BCUT2D eigenvalue weighted by Crippen LogP contribution is 2.35. The van der Waals surface area contributed by atoms with Gasteiger partial charge >= 0.3 is 5.97 Å². The summed E-state index contributed by atoms with van der Waals surface area (Å²) in [6, 6.07) is 6.20. The molecule has 0 fully saturated rings. The molecule has 5 nitrogen and oxygen atoms in total. The predicted octanol–water partition coefficient (Wildman–Crippen LogP) is 3.29. The van der Waals surface area contributed by atoms with Crippen LogP contribution in [0.5, 0.6) is 0 Å². The number of rotatable bonds is 7. The summed E-state index contributed by atoms with van der Waals surface area (Å²) in [5, 5.41) is 15.7. The average Bonchev–Trinajstić information content (AvgIpc) is 3.07. The number of carbonyl (C=O) groups is 1. The smallest absolute Gasteiger partial charge is 0.338 e. The van der Waals surface area contributed by atoms with E-state index in [0.717, 1.165) is 43.5 Å². The molecule has 24 heavy (non-hydrogen) atoms. The number of carboxylic acid groups (broad SMARTS) is 1. The van der Waals surface area contributed by atoms with Gasteiger partial charge in [-0.1, -0.05) is 12.1 Å². The molecule has 1 heterocycles. The van der Waals surface area contributed by atoms with E-state index >= 15 is 0 Å². The molecule has 0 saturated carbocycles. The minimum Gasteiger partial charge on any atom is -0.478 e. The fourth-order valence-corrected chi connectivity index (χ4v) is 3.37. The molecular formula is C19H22N2O3. The molecule has 0 unspecified atom stereocenters. The van der Waals surface area contributed by atoms with Gasteiger partial charge in [0.15, 0.2) is 0 Å². The third kappa shape index (κ3) is 3.28. The Hall–Kier alpha value is -2.36. The number of nitrogens with zero attached hydrogens (tertiary/aromatic N) is 2. The van der Waals surface area contributed by atoms with Crippen molar-refractivity contribution >= 4 is 17.5 Å². The van der Waals surface area contributed by atoms with Crippen LogP contribution < -0.4 is 5.01 Å². The number of allylic oxidation sites excluding steroid dienone is 1. The SMILES string of the molecule is COCCCCC1=C(C(=O)O)C=C=NN1c1cccc2c1CCC2. The van der Waals surface area contributed by atoms with Crippen molar-refractivity contribution in [2.24, 2.45) is 5.10 Å². The molecule has 1 aromatic rings. The lowest BCUT2D eigenvalue weighted by Crippen LogP contribution is -2.23. The fourth-order valence-electron chi connectivity index (χ4n) is 3.37. The Kier molecular flexibility index (Phi) is 5.14. The first kappa shape index (κ1) is 16.5. The van der Waals surface area contributed by atoms with Crippen molar-refractivity contribution in [3.63, 3.8) is 0 Å². The molecule has 0 aromatic heterocycles. The van der Waals surface area contributed by atoms with Crippen molar-refractivity contribution < 1.29 is 14.6 Å². The Morgan fingerprint density at radius 1 is 1.38 bits per heavy atom. The van der Waals surface area contributed by atoms with E-state index in [9.17, 15) is 9.90 Å². The number of anilines is 1. The Morgan fingerprint density at radius 3 is 3.04 bits per heavy atom.